The Morgan fingerprint density at radius 2 is 1.94 bits per heavy atom. The van der Waals surface area contributed by atoms with E-state index in [4.69, 9.17) is 4.74 Å². The molecule has 0 radical (unpaired) electrons. The van der Waals surface area contributed by atoms with Crippen LogP contribution in [0, 0.1) is 0 Å². The van der Waals surface area contributed by atoms with E-state index in [9.17, 15) is 4.79 Å². The fourth-order valence-electron chi connectivity index (χ4n) is 1.46. The number of hydrogen-bond donors (Lipinski definition) is 2. The average Bonchev–Trinajstić information content (AvgIpc) is 2.36. The number of methoxy groups -OCH3 is 1. The minimum atomic E-state index is -0.0353. The highest BCUT2D eigenvalue weighted by Gasteiger charge is 2.03. The lowest BCUT2D eigenvalue weighted by molar-refractivity contribution is 0.0954. The maximum Gasteiger partial charge on any atom is 0.251 e. The fraction of sp³-hybridized carbons (Fsp3) is 0.462. The van der Waals surface area contributed by atoms with Crippen LogP contribution in [-0.2, 0) is 11.3 Å². The topological polar surface area (TPSA) is 50.4 Å². The van der Waals surface area contributed by atoms with Crippen molar-refractivity contribution in [1.29, 1.82) is 0 Å². The van der Waals surface area contributed by atoms with Crippen LogP contribution in [0.5, 0.6) is 0 Å². The van der Waals surface area contributed by atoms with Crippen LogP contribution in [-0.4, -0.2) is 32.7 Å². The Morgan fingerprint density at radius 1 is 1.24 bits per heavy atom. The number of amides is 1. The Kier molecular flexibility index (Phi) is 6.29. The summed E-state index contributed by atoms with van der Waals surface area (Å²) in [5, 5.41) is 6.00. The van der Waals surface area contributed by atoms with Crippen LogP contribution in [0.15, 0.2) is 24.3 Å². The molecule has 1 amide bonds. The highest BCUT2D eigenvalue weighted by molar-refractivity contribution is 5.94. The summed E-state index contributed by atoms with van der Waals surface area (Å²) < 4.78 is 5.01. The number of ether oxygens (including phenoxy) is 1. The fourth-order valence-corrected chi connectivity index (χ4v) is 1.46. The van der Waals surface area contributed by atoms with Crippen molar-refractivity contribution < 1.29 is 9.53 Å². The first-order chi connectivity index (χ1) is 8.27. The average molecular weight is 236 g/mol. The molecule has 1 aromatic carbocycles. The van der Waals surface area contributed by atoms with Gasteiger partial charge in [-0.3, -0.25) is 4.79 Å². The van der Waals surface area contributed by atoms with Gasteiger partial charge in [-0.2, -0.15) is 0 Å². The zero-order valence-electron chi connectivity index (χ0n) is 10.5. The zero-order chi connectivity index (χ0) is 12.5. The molecule has 0 aromatic heterocycles. The number of likely N-dealkylation sites (N-methyl/N-ethyl adjacent to an activating group) is 1. The van der Waals surface area contributed by atoms with Crippen LogP contribution in [0.25, 0.3) is 0 Å². The predicted molar refractivity (Wildman–Crippen MR) is 68.0 cm³/mol. The molecule has 0 heterocycles. The van der Waals surface area contributed by atoms with Gasteiger partial charge >= 0.3 is 0 Å². The van der Waals surface area contributed by atoms with Crippen molar-refractivity contribution in [3.05, 3.63) is 35.4 Å². The second kappa shape index (κ2) is 7.81. The molecule has 0 aliphatic rings. The van der Waals surface area contributed by atoms with E-state index >= 15 is 0 Å². The highest BCUT2D eigenvalue weighted by Crippen LogP contribution is 2.05. The third-order valence-electron chi connectivity index (χ3n) is 2.36. The number of hydrogen-bond acceptors (Lipinski definition) is 3. The molecule has 0 bridgehead atoms. The van der Waals surface area contributed by atoms with Gasteiger partial charge in [0.2, 0.25) is 0 Å². The molecule has 0 saturated carbocycles. The summed E-state index contributed by atoms with van der Waals surface area (Å²) in [7, 11) is 1.65. The zero-order valence-corrected chi connectivity index (χ0v) is 10.5. The molecule has 0 unspecified atom stereocenters. The highest BCUT2D eigenvalue weighted by atomic mass is 16.5. The van der Waals surface area contributed by atoms with Gasteiger partial charge in [-0.1, -0.05) is 19.1 Å². The van der Waals surface area contributed by atoms with Crippen molar-refractivity contribution in [2.24, 2.45) is 0 Å². The lowest BCUT2D eigenvalue weighted by Crippen LogP contribution is -2.31. The summed E-state index contributed by atoms with van der Waals surface area (Å²) in [6.45, 7) is 4.97. The number of carbonyl (C=O) groups excluding carboxylic acids is 1. The van der Waals surface area contributed by atoms with Gasteiger partial charge in [-0.05, 0) is 24.2 Å². The minimum absolute atomic E-state index is 0.0353. The van der Waals surface area contributed by atoms with E-state index < -0.39 is 0 Å². The van der Waals surface area contributed by atoms with Crippen molar-refractivity contribution in [2.45, 2.75) is 13.5 Å². The molecule has 0 aliphatic carbocycles. The molecule has 4 nitrogen and oxygen atoms in total. The summed E-state index contributed by atoms with van der Waals surface area (Å²) >= 11 is 0. The van der Waals surface area contributed by atoms with Crippen molar-refractivity contribution in [2.75, 3.05) is 26.7 Å². The van der Waals surface area contributed by atoms with Gasteiger partial charge in [0, 0.05) is 25.8 Å². The van der Waals surface area contributed by atoms with Crippen molar-refractivity contribution >= 4 is 5.91 Å². The molecule has 94 valence electrons. The first-order valence-electron chi connectivity index (χ1n) is 5.84. The molecular formula is C13H20N2O2. The van der Waals surface area contributed by atoms with Gasteiger partial charge in [0.1, 0.15) is 0 Å². The smallest absolute Gasteiger partial charge is 0.251 e. The van der Waals surface area contributed by atoms with Gasteiger partial charge in [0.05, 0.1) is 6.61 Å². The van der Waals surface area contributed by atoms with Crippen LogP contribution >= 0.6 is 0 Å². The normalized spacial score (nSPS) is 10.2. The molecule has 0 fully saturated rings. The number of carbonyl (C=O) groups is 1. The second-order valence-corrected chi connectivity index (χ2v) is 3.74. The SMILES string of the molecule is CCNCCNC(=O)c1ccc(COC)cc1. The van der Waals surface area contributed by atoms with Gasteiger partial charge in [0.25, 0.3) is 5.91 Å². The van der Waals surface area contributed by atoms with Crippen molar-refractivity contribution in [1.82, 2.24) is 10.6 Å². The van der Waals surface area contributed by atoms with E-state index in [0.717, 1.165) is 18.7 Å². The molecule has 0 aliphatic heterocycles. The lowest BCUT2D eigenvalue weighted by atomic mass is 10.1. The molecular weight excluding hydrogens is 216 g/mol. The standard InChI is InChI=1S/C13H20N2O2/c1-3-14-8-9-15-13(16)12-6-4-11(5-7-12)10-17-2/h4-7,14H,3,8-10H2,1-2H3,(H,15,16). The quantitative estimate of drug-likeness (QED) is 0.699. The minimum Gasteiger partial charge on any atom is -0.380 e. The monoisotopic (exact) mass is 236 g/mol. The molecule has 0 spiro atoms. The van der Waals surface area contributed by atoms with Gasteiger partial charge in [-0.25, -0.2) is 0 Å². The summed E-state index contributed by atoms with van der Waals surface area (Å²) in [6.07, 6.45) is 0. The third kappa shape index (κ3) is 4.97. The largest absolute Gasteiger partial charge is 0.380 e. The molecule has 2 N–H and O–H groups in total. The Labute approximate surface area is 102 Å². The Hall–Kier alpha value is -1.39. The molecule has 0 saturated heterocycles. The number of benzene rings is 1. The van der Waals surface area contributed by atoms with Gasteiger partial charge in [0.15, 0.2) is 0 Å². The number of nitrogens with one attached hydrogen (secondary N) is 2. The van der Waals surface area contributed by atoms with E-state index in [0.29, 0.717) is 18.7 Å². The van der Waals surface area contributed by atoms with E-state index in [1.165, 1.54) is 0 Å². The molecule has 4 heteroatoms. The molecule has 1 aromatic rings. The summed E-state index contributed by atoms with van der Waals surface area (Å²) in [6, 6.07) is 7.44. The van der Waals surface area contributed by atoms with E-state index in [-0.39, 0.29) is 5.91 Å². The van der Waals surface area contributed by atoms with Crippen molar-refractivity contribution in [3.63, 3.8) is 0 Å². The van der Waals surface area contributed by atoms with Gasteiger partial charge < -0.3 is 15.4 Å². The lowest BCUT2D eigenvalue weighted by Gasteiger charge is -2.06. The summed E-state index contributed by atoms with van der Waals surface area (Å²) in [5.74, 6) is -0.0353. The van der Waals surface area contributed by atoms with Gasteiger partial charge in [-0.15, -0.1) is 0 Å². The molecule has 17 heavy (non-hydrogen) atoms. The Balaban J connectivity index is 2.40. The maximum atomic E-state index is 11.7. The Bertz CT molecular complexity index is 336. The summed E-state index contributed by atoms with van der Waals surface area (Å²) in [4.78, 5) is 11.7. The van der Waals surface area contributed by atoms with Crippen LogP contribution in [0.4, 0.5) is 0 Å². The van der Waals surface area contributed by atoms with Crippen LogP contribution < -0.4 is 10.6 Å². The van der Waals surface area contributed by atoms with E-state index in [1.54, 1.807) is 7.11 Å². The maximum absolute atomic E-state index is 11.7. The first kappa shape index (κ1) is 13.7. The van der Waals surface area contributed by atoms with Crippen LogP contribution in [0.3, 0.4) is 0 Å². The van der Waals surface area contributed by atoms with E-state index in [2.05, 4.69) is 10.6 Å². The second-order valence-electron chi connectivity index (χ2n) is 3.74. The summed E-state index contributed by atoms with van der Waals surface area (Å²) in [5.41, 5.74) is 1.75. The molecule has 1 rings (SSSR count). The van der Waals surface area contributed by atoms with Crippen LogP contribution in [0.2, 0.25) is 0 Å². The van der Waals surface area contributed by atoms with E-state index in [1.807, 2.05) is 31.2 Å². The predicted octanol–water partition coefficient (Wildman–Crippen LogP) is 1.17. The number of rotatable bonds is 7. The molecule has 0 atom stereocenters. The first-order valence-corrected chi connectivity index (χ1v) is 5.84. The van der Waals surface area contributed by atoms with Crippen molar-refractivity contribution in [3.8, 4) is 0 Å². The third-order valence-corrected chi connectivity index (χ3v) is 2.36. The van der Waals surface area contributed by atoms with Crippen LogP contribution in [0.1, 0.15) is 22.8 Å². The Morgan fingerprint density at radius 3 is 2.53 bits per heavy atom.